The van der Waals surface area contributed by atoms with E-state index in [2.05, 4.69) is 15.5 Å². The fourth-order valence-electron chi connectivity index (χ4n) is 3.55. The van der Waals surface area contributed by atoms with Gasteiger partial charge in [0.2, 0.25) is 5.91 Å². The van der Waals surface area contributed by atoms with Crippen LogP contribution in [0.4, 0.5) is 10.1 Å². The second-order valence-corrected chi connectivity index (χ2v) is 9.21. The van der Waals surface area contributed by atoms with Crippen LogP contribution in [0.3, 0.4) is 0 Å². The summed E-state index contributed by atoms with van der Waals surface area (Å²) in [5.74, 6) is 0.220. The lowest BCUT2D eigenvalue weighted by molar-refractivity contribution is -0.115. The summed E-state index contributed by atoms with van der Waals surface area (Å²) in [6.45, 7) is 6.35. The number of rotatable bonds is 7. The van der Waals surface area contributed by atoms with Crippen molar-refractivity contribution in [3.05, 3.63) is 95.3 Å². The molecule has 0 fully saturated rings. The van der Waals surface area contributed by atoms with E-state index in [1.807, 2.05) is 73.9 Å². The zero-order valence-electron chi connectivity index (χ0n) is 18.7. The summed E-state index contributed by atoms with van der Waals surface area (Å²) in [4.78, 5) is 13.0. The van der Waals surface area contributed by atoms with Gasteiger partial charge in [-0.05, 0) is 61.7 Å². The molecule has 0 saturated carbocycles. The Morgan fingerprint density at radius 1 is 0.970 bits per heavy atom. The number of para-hydroxylation sites is 1. The number of halogens is 1. The highest BCUT2D eigenvalue weighted by molar-refractivity contribution is 8.00. The molecule has 0 saturated heterocycles. The highest BCUT2D eigenvalue weighted by atomic mass is 32.2. The van der Waals surface area contributed by atoms with Gasteiger partial charge in [-0.1, -0.05) is 60.3 Å². The van der Waals surface area contributed by atoms with Gasteiger partial charge in [0.1, 0.15) is 5.82 Å². The van der Waals surface area contributed by atoms with Crippen LogP contribution in [0.25, 0.3) is 11.4 Å². The molecule has 0 aliphatic carbocycles. The summed E-state index contributed by atoms with van der Waals surface area (Å²) < 4.78 is 15.4. The third-order valence-corrected chi connectivity index (χ3v) is 6.46. The third kappa shape index (κ3) is 5.31. The minimum atomic E-state index is -0.399. The average molecular weight is 461 g/mol. The summed E-state index contributed by atoms with van der Waals surface area (Å²) in [6, 6.07) is 22.1. The van der Waals surface area contributed by atoms with Gasteiger partial charge in [-0.15, -0.1) is 10.2 Å². The van der Waals surface area contributed by atoms with E-state index in [9.17, 15) is 9.18 Å². The van der Waals surface area contributed by atoms with Crippen molar-refractivity contribution in [2.24, 2.45) is 0 Å². The molecule has 0 aliphatic heterocycles. The fraction of sp³-hybridized carbons (Fsp3) is 0.192. The Morgan fingerprint density at radius 2 is 1.64 bits per heavy atom. The van der Waals surface area contributed by atoms with Gasteiger partial charge in [-0.25, -0.2) is 4.39 Å². The number of thioether (sulfide) groups is 1. The fourth-order valence-corrected chi connectivity index (χ4v) is 4.39. The van der Waals surface area contributed by atoms with Crippen LogP contribution < -0.4 is 5.32 Å². The minimum Gasteiger partial charge on any atom is -0.325 e. The zero-order valence-corrected chi connectivity index (χ0v) is 19.6. The first-order chi connectivity index (χ1) is 15.9. The van der Waals surface area contributed by atoms with Gasteiger partial charge in [0.25, 0.3) is 0 Å². The molecular weight excluding hydrogens is 435 g/mol. The number of aryl methyl sites for hydroxylation is 2. The second-order valence-electron chi connectivity index (χ2n) is 7.90. The molecule has 1 atom stereocenters. The standard InChI is InChI=1S/C26H25FN4OS/c1-17-8-7-9-18(2)23(17)28-25(32)19(3)33-26-30-29-24(21-12-14-22(27)15-13-21)31(26)16-20-10-5-4-6-11-20/h4-15,19H,16H2,1-3H3,(H,28,32). The first kappa shape index (κ1) is 22.7. The van der Waals surface area contributed by atoms with Crippen LogP contribution in [0.15, 0.2) is 78.0 Å². The number of anilines is 1. The summed E-state index contributed by atoms with van der Waals surface area (Å²) >= 11 is 1.35. The molecule has 0 spiro atoms. The molecule has 1 heterocycles. The lowest BCUT2D eigenvalue weighted by Crippen LogP contribution is -2.24. The molecule has 0 radical (unpaired) electrons. The molecule has 7 heteroatoms. The van der Waals surface area contributed by atoms with Crippen LogP contribution >= 0.6 is 11.8 Å². The Bertz CT molecular complexity index is 1240. The van der Waals surface area contributed by atoms with Crippen molar-refractivity contribution in [1.29, 1.82) is 0 Å². The number of carbonyl (C=O) groups excluding carboxylic acids is 1. The van der Waals surface area contributed by atoms with Crippen molar-refractivity contribution in [3.8, 4) is 11.4 Å². The minimum absolute atomic E-state index is 0.102. The van der Waals surface area contributed by atoms with Crippen LogP contribution in [0.5, 0.6) is 0 Å². The van der Waals surface area contributed by atoms with Gasteiger partial charge in [0.05, 0.1) is 11.8 Å². The summed E-state index contributed by atoms with van der Waals surface area (Å²) in [5.41, 5.74) is 4.72. The summed E-state index contributed by atoms with van der Waals surface area (Å²) in [5, 5.41) is 12.0. The van der Waals surface area contributed by atoms with E-state index in [-0.39, 0.29) is 11.7 Å². The van der Waals surface area contributed by atoms with Crippen LogP contribution in [0, 0.1) is 19.7 Å². The number of amides is 1. The van der Waals surface area contributed by atoms with Crippen LogP contribution in [-0.4, -0.2) is 25.9 Å². The highest BCUT2D eigenvalue weighted by Gasteiger charge is 2.22. The van der Waals surface area contributed by atoms with Gasteiger partial charge in [0, 0.05) is 11.3 Å². The molecule has 5 nitrogen and oxygen atoms in total. The predicted octanol–water partition coefficient (Wildman–Crippen LogP) is 5.87. The number of benzene rings is 3. The van der Waals surface area contributed by atoms with Crippen molar-refractivity contribution in [1.82, 2.24) is 14.8 Å². The second kappa shape index (κ2) is 10.0. The Morgan fingerprint density at radius 3 is 2.30 bits per heavy atom. The van der Waals surface area contributed by atoms with Gasteiger partial charge >= 0.3 is 0 Å². The van der Waals surface area contributed by atoms with E-state index in [1.165, 1.54) is 23.9 Å². The van der Waals surface area contributed by atoms with E-state index in [1.54, 1.807) is 12.1 Å². The first-order valence-corrected chi connectivity index (χ1v) is 11.6. The number of aromatic nitrogens is 3. The van der Waals surface area contributed by atoms with E-state index < -0.39 is 5.25 Å². The quantitative estimate of drug-likeness (QED) is 0.351. The molecule has 3 aromatic carbocycles. The molecule has 168 valence electrons. The molecule has 1 N–H and O–H groups in total. The molecule has 33 heavy (non-hydrogen) atoms. The topological polar surface area (TPSA) is 59.8 Å². The molecule has 1 unspecified atom stereocenters. The van der Waals surface area contributed by atoms with E-state index in [0.717, 1.165) is 27.9 Å². The first-order valence-electron chi connectivity index (χ1n) is 10.7. The third-order valence-electron chi connectivity index (χ3n) is 5.38. The smallest absolute Gasteiger partial charge is 0.237 e. The maximum Gasteiger partial charge on any atom is 0.237 e. The number of hydrogen-bond acceptors (Lipinski definition) is 4. The van der Waals surface area contributed by atoms with E-state index in [0.29, 0.717) is 17.5 Å². The van der Waals surface area contributed by atoms with Crippen molar-refractivity contribution >= 4 is 23.4 Å². The van der Waals surface area contributed by atoms with Crippen molar-refractivity contribution in [2.45, 2.75) is 37.7 Å². The normalized spacial score (nSPS) is 11.9. The van der Waals surface area contributed by atoms with Gasteiger partial charge in [-0.3, -0.25) is 9.36 Å². The van der Waals surface area contributed by atoms with Gasteiger partial charge in [0.15, 0.2) is 11.0 Å². The lowest BCUT2D eigenvalue weighted by Gasteiger charge is -2.16. The largest absolute Gasteiger partial charge is 0.325 e. The average Bonchev–Trinajstić information content (AvgIpc) is 3.19. The number of hydrogen-bond donors (Lipinski definition) is 1. The SMILES string of the molecule is Cc1cccc(C)c1NC(=O)C(C)Sc1nnc(-c2ccc(F)cc2)n1Cc1ccccc1. The maximum atomic E-state index is 13.5. The number of nitrogens with zero attached hydrogens (tertiary/aromatic N) is 3. The van der Waals surface area contributed by atoms with Gasteiger partial charge < -0.3 is 5.32 Å². The highest BCUT2D eigenvalue weighted by Crippen LogP contribution is 2.29. The van der Waals surface area contributed by atoms with Crippen LogP contribution in [0.2, 0.25) is 0 Å². The van der Waals surface area contributed by atoms with Crippen molar-refractivity contribution < 1.29 is 9.18 Å². The molecule has 1 amide bonds. The molecule has 0 bridgehead atoms. The van der Waals surface area contributed by atoms with E-state index in [4.69, 9.17) is 0 Å². The predicted molar refractivity (Wildman–Crippen MR) is 131 cm³/mol. The molecule has 0 aliphatic rings. The Balaban J connectivity index is 1.61. The maximum absolute atomic E-state index is 13.5. The van der Waals surface area contributed by atoms with Crippen molar-refractivity contribution in [3.63, 3.8) is 0 Å². The monoisotopic (exact) mass is 460 g/mol. The Labute approximate surface area is 197 Å². The zero-order chi connectivity index (χ0) is 23.4. The number of nitrogens with one attached hydrogen (secondary N) is 1. The lowest BCUT2D eigenvalue weighted by atomic mass is 10.1. The summed E-state index contributed by atoms with van der Waals surface area (Å²) in [6.07, 6.45) is 0. The summed E-state index contributed by atoms with van der Waals surface area (Å²) in [7, 11) is 0. The van der Waals surface area contributed by atoms with Gasteiger partial charge in [-0.2, -0.15) is 0 Å². The molecule has 1 aromatic heterocycles. The van der Waals surface area contributed by atoms with Crippen LogP contribution in [-0.2, 0) is 11.3 Å². The van der Waals surface area contributed by atoms with Crippen molar-refractivity contribution in [2.75, 3.05) is 5.32 Å². The molecule has 4 rings (SSSR count). The molecule has 4 aromatic rings. The van der Waals surface area contributed by atoms with E-state index >= 15 is 0 Å². The Kier molecular flexibility index (Phi) is 6.89. The Hall–Kier alpha value is -3.45. The number of carbonyl (C=O) groups is 1. The van der Waals surface area contributed by atoms with Crippen LogP contribution in [0.1, 0.15) is 23.6 Å². The molecular formula is C26H25FN4OS.